The highest BCUT2D eigenvalue weighted by molar-refractivity contribution is 6.31. The number of halogens is 1. The van der Waals surface area contributed by atoms with Gasteiger partial charge in [0.25, 0.3) is 0 Å². The fourth-order valence-corrected chi connectivity index (χ4v) is 4.29. The predicted octanol–water partition coefficient (Wildman–Crippen LogP) is 6.95. The third-order valence-corrected chi connectivity index (χ3v) is 6.06. The first kappa shape index (κ1) is 23.2. The Balaban J connectivity index is 1.53. The Morgan fingerprint density at radius 3 is 2.48 bits per heavy atom. The lowest BCUT2D eigenvalue weighted by Crippen LogP contribution is -2.18. The molecule has 4 rings (SSSR count). The Labute approximate surface area is 200 Å². The minimum Gasteiger partial charge on any atom is -0.388 e. The Kier molecular flexibility index (Phi) is 6.94. The molecule has 1 unspecified atom stereocenters. The number of aromatic nitrogens is 1. The molecule has 0 spiro atoms. The quantitative estimate of drug-likeness (QED) is 0.315. The second kappa shape index (κ2) is 9.88. The second-order valence-electron chi connectivity index (χ2n) is 8.81. The molecule has 3 nitrogen and oxygen atoms in total. The molecule has 0 amide bonds. The highest BCUT2D eigenvalue weighted by Gasteiger charge is 2.20. The summed E-state index contributed by atoms with van der Waals surface area (Å²) in [6.45, 7) is 3.58. The first-order valence-corrected chi connectivity index (χ1v) is 11.5. The van der Waals surface area contributed by atoms with E-state index < -0.39 is 11.7 Å². The van der Waals surface area contributed by atoms with Crippen LogP contribution in [-0.4, -0.2) is 15.2 Å². The number of aryl methyl sites for hydroxylation is 1. The molecule has 0 radical (unpaired) electrons. The molecule has 168 valence electrons. The molecule has 1 heterocycles. The van der Waals surface area contributed by atoms with Crippen molar-refractivity contribution in [2.75, 3.05) is 0 Å². The van der Waals surface area contributed by atoms with Crippen LogP contribution >= 0.6 is 11.6 Å². The van der Waals surface area contributed by atoms with Gasteiger partial charge in [0, 0.05) is 10.4 Å². The molecule has 0 saturated carbocycles. The lowest BCUT2D eigenvalue weighted by atomic mass is 9.89. The summed E-state index contributed by atoms with van der Waals surface area (Å²) in [7, 11) is 0. The molecule has 0 aliphatic heterocycles. The molecule has 1 atom stereocenters. The molecule has 4 heteroatoms. The van der Waals surface area contributed by atoms with Gasteiger partial charge in [-0.05, 0) is 73.2 Å². The van der Waals surface area contributed by atoms with Crippen LogP contribution in [0.1, 0.15) is 54.3 Å². The van der Waals surface area contributed by atoms with Crippen LogP contribution in [0, 0.1) is 0 Å². The van der Waals surface area contributed by atoms with Crippen molar-refractivity contribution in [1.82, 2.24) is 4.98 Å². The topological polar surface area (TPSA) is 53.4 Å². The summed E-state index contributed by atoms with van der Waals surface area (Å²) in [6, 6.07) is 25.4. The van der Waals surface area contributed by atoms with Gasteiger partial charge in [0.2, 0.25) is 0 Å². The Hall–Kier alpha value is -2.98. The number of benzene rings is 3. The van der Waals surface area contributed by atoms with E-state index in [4.69, 9.17) is 11.6 Å². The van der Waals surface area contributed by atoms with E-state index in [1.54, 1.807) is 13.8 Å². The minimum absolute atomic E-state index is 0.560. The highest BCUT2D eigenvalue weighted by atomic mass is 35.5. The zero-order valence-corrected chi connectivity index (χ0v) is 19.6. The number of fused-ring (bicyclic) bond motifs is 1. The largest absolute Gasteiger partial charge is 0.388 e. The summed E-state index contributed by atoms with van der Waals surface area (Å²) < 4.78 is 0. The molecular weight excluding hydrogens is 430 g/mol. The van der Waals surface area contributed by atoms with Crippen molar-refractivity contribution in [3.8, 4) is 0 Å². The average Bonchev–Trinajstić information content (AvgIpc) is 2.80. The fraction of sp³-hybridized carbons (Fsp3) is 0.207. The van der Waals surface area contributed by atoms with Crippen molar-refractivity contribution < 1.29 is 10.2 Å². The molecule has 2 N–H and O–H groups in total. The normalized spacial score (nSPS) is 13.0. The van der Waals surface area contributed by atoms with Crippen LogP contribution < -0.4 is 0 Å². The van der Waals surface area contributed by atoms with Gasteiger partial charge in [0.1, 0.15) is 0 Å². The predicted molar refractivity (Wildman–Crippen MR) is 137 cm³/mol. The van der Waals surface area contributed by atoms with Gasteiger partial charge in [-0.15, -0.1) is 0 Å². The van der Waals surface area contributed by atoms with E-state index in [9.17, 15) is 10.2 Å². The molecule has 0 aliphatic rings. The summed E-state index contributed by atoms with van der Waals surface area (Å²) in [5.74, 6) is 0. The zero-order valence-electron chi connectivity index (χ0n) is 18.9. The lowest BCUT2D eigenvalue weighted by Gasteiger charge is -2.22. The standard InChI is InChI=1S/C29H28ClNO2/c1-29(2,33)26-10-6-4-8-21(26)14-18-28(32)25-9-5-3-7-20(25)12-16-24-17-13-22-11-15-23(30)19-27(22)31-24/h3-13,15-17,19,28,32-33H,14,18H2,1-2H3. The molecular formula is C29H28ClNO2. The molecule has 0 bridgehead atoms. The molecule has 4 aromatic rings. The van der Waals surface area contributed by atoms with Gasteiger partial charge in [0.15, 0.2) is 0 Å². The number of aliphatic hydroxyl groups excluding tert-OH is 1. The summed E-state index contributed by atoms with van der Waals surface area (Å²) in [6.07, 6.45) is 4.55. The fourth-order valence-electron chi connectivity index (χ4n) is 4.12. The summed E-state index contributed by atoms with van der Waals surface area (Å²) >= 11 is 6.11. The summed E-state index contributed by atoms with van der Waals surface area (Å²) in [5, 5.41) is 23.2. The van der Waals surface area contributed by atoms with E-state index >= 15 is 0 Å². The minimum atomic E-state index is -0.917. The molecule has 0 fully saturated rings. The molecule has 33 heavy (non-hydrogen) atoms. The highest BCUT2D eigenvalue weighted by Crippen LogP contribution is 2.28. The Morgan fingerprint density at radius 1 is 0.939 bits per heavy atom. The number of hydrogen-bond acceptors (Lipinski definition) is 3. The summed E-state index contributed by atoms with van der Waals surface area (Å²) in [4.78, 5) is 4.68. The van der Waals surface area contributed by atoms with E-state index in [1.807, 2.05) is 91.0 Å². The number of aliphatic hydroxyl groups is 2. The number of pyridine rings is 1. The van der Waals surface area contributed by atoms with Crippen molar-refractivity contribution in [3.05, 3.63) is 112 Å². The van der Waals surface area contributed by atoms with Crippen LogP contribution in [0.3, 0.4) is 0 Å². The van der Waals surface area contributed by atoms with E-state index in [0.29, 0.717) is 17.9 Å². The SMILES string of the molecule is CC(C)(O)c1ccccc1CCC(O)c1ccccc1C=Cc1ccc2ccc(Cl)cc2n1. The van der Waals surface area contributed by atoms with Crippen molar-refractivity contribution in [2.45, 2.75) is 38.4 Å². The smallest absolute Gasteiger partial charge is 0.0843 e. The maximum Gasteiger partial charge on any atom is 0.0843 e. The van der Waals surface area contributed by atoms with Crippen molar-refractivity contribution >= 4 is 34.7 Å². The molecule has 0 aliphatic carbocycles. The lowest BCUT2D eigenvalue weighted by molar-refractivity contribution is 0.0772. The Bertz CT molecular complexity index is 1290. The first-order valence-electron chi connectivity index (χ1n) is 11.1. The van der Waals surface area contributed by atoms with Crippen LogP contribution in [0.2, 0.25) is 5.02 Å². The average molecular weight is 458 g/mol. The third kappa shape index (κ3) is 5.69. The van der Waals surface area contributed by atoms with Gasteiger partial charge >= 0.3 is 0 Å². The number of nitrogens with zero attached hydrogens (tertiary/aromatic N) is 1. The number of rotatable bonds is 7. The van der Waals surface area contributed by atoms with E-state index in [1.165, 1.54) is 0 Å². The van der Waals surface area contributed by atoms with Gasteiger partial charge in [-0.1, -0.05) is 78.3 Å². The Morgan fingerprint density at radius 2 is 1.67 bits per heavy atom. The second-order valence-corrected chi connectivity index (χ2v) is 9.24. The van der Waals surface area contributed by atoms with Crippen LogP contribution in [0.4, 0.5) is 0 Å². The molecule has 0 saturated heterocycles. The maximum atomic E-state index is 11.0. The third-order valence-electron chi connectivity index (χ3n) is 5.83. The monoisotopic (exact) mass is 457 g/mol. The van der Waals surface area contributed by atoms with Gasteiger partial charge in [-0.2, -0.15) is 0 Å². The zero-order chi connectivity index (χ0) is 23.4. The van der Waals surface area contributed by atoms with Gasteiger partial charge in [-0.3, -0.25) is 0 Å². The van der Waals surface area contributed by atoms with Crippen LogP contribution in [0.15, 0.2) is 78.9 Å². The van der Waals surface area contributed by atoms with Crippen LogP contribution in [-0.2, 0) is 12.0 Å². The summed E-state index contributed by atoms with van der Waals surface area (Å²) in [5.41, 5.74) is 4.53. The van der Waals surface area contributed by atoms with Crippen molar-refractivity contribution in [1.29, 1.82) is 0 Å². The van der Waals surface area contributed by atoms with Crippen LogP contribution in [0.25, 0.3) is 23.1 Å². The maximum absolute atomic E-state index is 11.0. The number of hydrogen-bond donors (Lipinski definition) is 2. The van der Waals surface area contributed by atoms with Gasteiger partial charge < -0.3 is 10.2 Å². The van der Waals surface area contributed by atoms with E-state index in [0.717, 1.165) is 38.9 Å². The van der Waals surface area contributed by atoms with Crippen molar-refractivity contribution in [3.63, 3.8) is 0 Å². The molecule has 3 aromatic carbocycles. The first-order chi connectivity index (χ1) is 15.8. The van der Waals surface area contributed by atoms with E-state index in [-0.39, 0.29) is 0 Å². The van der Waals surface area contributed by atoms with Crippen molar-refractivity contribution in [2.24, 2.45) is 0 Å². The van der Waals surface area contributed by atoms with Gasteiger partial charge in [0.05, 0.1) is 22.9 Å². The van der Waals surface area contributed by atoms with Crippen LogP contribution in [0.5, 0.6) is 0 Å². The van der Waals surface area contributed by atoms with Gasteiger partial charge in [-0.25, -0.2) is 4.98 Å². The molecule has 1 aromatic heterocycles. The van der Waals surface area contributed by atoms with E-state index in [2.05, 4.69) is 4.98 Å².